The minimum absolute atomic E-state index is 0.437. The third kappa shape index (κ3) is 2.97. The number of hydrogen-bond acceptors (Lipinski definition) is 3. The predicted molar refractivity (Wildman–Crippen MR) is 56.2 cm³/mol. The van der Waals surface area contributed by atoms with Crippen LogP contribution in [0.4, 0.5) is 0 Å². The monoisotopic (exact) mass is 234 g/mol. The number of thiophene rings is 1. The molecule has 14 heavy (non-hydrogen) atoms. The lowest BCUT2D eigenvalue weighted by atomic mass is 10.0. The average Bonchev–Trinajstić information content (AvgIpc) is 2.52. The molecule has 0 aliphatic heterocycles. The molecule has 0 bridgehead atoms. The molecule has 0 spiro atoms. The zero-order valence-corrected chi connectivity index (χ0v) is 9.27. The van der Waals surface area contributed by atoms with Gasteiger partial charge >= 0.3 is 5.97 Å². The highest BCUT2D eigenvalue weighted by Crippen LogP contribution is 2.30. The Labute approximate surface area is 91.3 Å². The van der Waals surface area contributed by atoms with Gasteiger partial charge in [-0.2, -0.15) is 0 Å². The van der Waals surface area contributed by atoms with E-state index in [1.807, 2.05) is 0 Å². The summed E-state index contributed by atoms with van der Waals surface area (Å²) in [5.74, 6) is -1.34. The van der Waals surface area contributed by atoms with E-state index in [1.54, 1.807) is 19.2 Å². The minimum Gasteiger partial charge on any atom is -0.481 e. The van der Waals surface area contributed by atoms with Gasteiger partial charge in [0.2, 0.25) is 0 Å². The molecule has 5 heteroatoms. The molecule has 0 aliphatic rings. The molecule has 0 saturated heterocycles. The molecule has 1 aromatic heterocycles. The number of carboxylic acid groups (broad SMARTS) is 1. The molecule has 1 rings (SSSR count). The fourth-order valence-electron chi connectivity index (χ4n) is 1.14. The van der Waals surface area contributed by atoms with Crippen LogP contribution in [0, 0.1) is 0 Å². The standard InChI is InChI=1S/C9H11ClO3S/c1-13-5-4-6(9(11)12)7-2-3-8(10)14-7/h2-3,6H,4-5H2,1H3,(H,11,12). The van der Waals surface area contributed by atoms with E-state index in [4.69, 9.17) is 21.4 Å². The topological polar surface area (TPSA) is 46.5 Å². The van der Waals surface area contributed by atoms with Gasteiger partial charge in [0, 0.05) is 18.6 Å². The van der Waals surface area contributed by atoms with Gasteiger partial charge in [-0.3, -0.25) is 4.79 Å². The number of rotatable bonds is 5. The summed E-state index contributed by atoms with van der Waals surface area (Å²) < 4.78 is 5.47. The summed E-state index contributed by atoms with van der Waals surface area (Å²) in [6.45, 7) is 0.437. The minimum atomic E-state index is -0.833. The summed E-state index contributed by atoms with van der Waals surface area (Å²) in [4.78, 5) is 11.7. The van der Waals surface area contributed by atoms with Crippen molar-refractivity contribution in [3.63, 3.8) is 0 Å². The van der Waals surface area contributed by atoms with Crippen molar-refractivity contribution in [2.75, 3.05) is 13.7 Å². The first-order chi connectivity index (χ1) is 6.65. The van der Waals surface area contributed by atoms with Gasteiger partial charge in [-0.05, 0) is 18.6 Å². The van der Waals surface area contributed by atoms with Gasteiger partial charge in [-0.1, -0.05) is 11.6 Å². The molecule has 0 amide bonds. The van der Waals surface area contributed by atoms with Crippen LogP contribution in [-0.4, -0.2) is 24.8 Å². The number of carboxylic acids is 1. The molecule has 1 unspecified atom stereocenters. The van der Waals surface area contributed by atoms with Crippen molar-refractivity contribution < 1.29 is 14.6 Å². The molecule has 0 saturated carbocycles. The lowest BCUT2D eigenvalue weighted by molar-refractivity contribution is -0.139. The first-order valence-electron chi connectivity index (χ1n) is 4.12. The van der Waals surface area contributed by atoms with Crippen LogP contribution in [0.15, 0.2) is 12.1 Å². The second-order valence-electron chi connectivity index (χ2n) is 2.81. The Morgan fingerprint density at radius 3 is 2.86 bits per heavy atom. The highest BCUT2D eigenvalue weighted by atomic mass is 35.5. The molecule has 3 nitrogen and oxygen atoms in total. The SMILES string of the molecule is COCCC(C(=O)O)c1ccc(Cl)s1. The predicted octanol–water partition coefficient (Wildman–Crippen LogP) is 2.61. The molecular weight excluding hydrogens is 224 g/mol. The third-order valence-electron chi connectivity index (χ3n) is 1.85. The Kier molecular flexibility index (Phi) is 4.38. The second kappa shape index (κ2) is 5.34. The van der Waals surface area contributed by atoms with Gasteiger partial charge in [-0.15, -0.1) is 11.3 Å². The van der Waals surface area contributed by atoms with Crippen molar-refractivity contribution in [1.82, 2.24) is 0 Å². The number of ether oxygens (including phenoxy) is 1. The number of carbonyl (C=O) groups is 1. The summed E-state index contributed by atoms with van der Waals surface area (Å²) in [7, 11) is 1.56. The average molecular weight is 235 g/mol. The van der Waals surface area contributed by atoms with E-state index in [9.17, 15) is 4.79 Å². The highest BCUT2D eigenvalue weighted by Gasteiger charge is 2.21. The van der Waals surface area contributed by atoms with E-state index in [0.29, 0.717) is 17.4 Å². The van der Waals surface area contributed by atoms with Crippen LogP contribution in [0.25, 0.3) is 0 Å². The molecule has 0 aliphatic carbocycles. The molecule has 1 heterocycles. The Balaban J connectivity index is 2.72. The molecular formula is C9H11ClO3S. The smallest absolute Gasteiger partial charge is 0.311 e. The molecule has 0 aromatic carbocycles. The van der Waals surface area contributed by atoms with Crippen molar-refractivity contribution in [2.24, 2.45) is 0 Å². The zero-order valence-electron chi connectivity index (χ0n) is 7.70. The van der Waals surface area contributed by atoms with Gasteiger partial charge < -0.3 is 9.84 Å². The fraction of sp³-hybridized carbons (Fsp3) is 0.444. The van der Waals surface area contributed by atoms with Crippen molar-refractivity contribution in [2.45, 2.75) is 12.3 Å². The third-order valence-corrected chi connectivity index (χ3v) is 3.19. The maximum Gasteiger partial charge on any atom is 0.311 e. The summed E-state index contributed by atoms with van der Waals surface area (Å²) in [6, 6.07) is 3.46. The van der Waals surface area contributed by atoms with E-state index >= 15 is 0 Å². The number of aliphatic carboxylic acids is 1. The van der Waals surface area contributed by atoms with Crippen LogP contribution in [0.2, 0.25) is 4.34 Å². The van der Waals surface area contributed by atoms with Crippen LogP contribution in [0.3, 0.4) is 0 Å². The largest absolute Gasteiger partial charge is 0.481 e. The Morgan fingerprint density at radius 1 is 1.71 bits per heavy atom. The van der Waals surface area contributed by atoms with Crippen LogP contribution in [0.1, 0.15) is 17.2 Å². The van der Waals surface area contributed by atoms with Gasteiger partial charge in [0.05, 0.1) is 10.3 Å². The Morgan fingerprint density at radius 2 is 2.43 bits per heavy atom. The summed E-state index contributed by atoms with van der Waals surface area (Å²) >= 11 is 7.04. The normalized spacial score (nSPS) is 12.7. The van der Waals surface area contributed by atoms with Crippen molar-refractivity contribution >= 4 is 28.9 Å². The van der Waals surface area contributed by atoms with E-state index < -0.39 is 11.9 Å². The van der Waals surface area contributed by atoms with Crippen molar-refractivity contribution in [3.05, 3.63) is 21.3 Å². The molecule has 1 N–H and O–H groups in total. The van der Waals surface area contributed by atoms with Gasteiger partial charge in [-0.25, -0.2) is 0 Å². The number of methoxy groups -OCH3 is 1. The maximum absolute atomic E-state index is 10.9. The van der Waals surface area contributed by atoms with Gasteiger partial charge in [0.25, 0.3) is 0 Å². The molecule has 0 fully saturated rings. The van der Waals surface area contributed by atoms with Crippen molar-refractivity contribution in [1.29, 1.82) is 0 Å². The summed E-state index contributed by atoms with van der Waals surface area (Å²) in [5, 5.41) is 8.97. The Bertz CT molecular complexity index is 311. The molecule has 1 aromatic rings. The van der Waals surface area contributed by atoms with Crippen molar-refractivity contribution in [3.8, 4) is 0 Å². The maximum atomic E-state index is 10.9. The number of hydrogen-bond donors (Lipinski definition) is 1. The van der Waals surface area contributed by atoms with Gasteiger partial charge in [0.15, 0.2) is 0 Å². The second-order valence-corrected chi connectivity index (χ2v) is 4.56. The lowest BCUT2D eigenvalue weighted by Gasteiger charge is -2.08. The quantitative estimate of drug-likeness (QED) is 0.852. The summed E-state index contributed by atoms with van der Waals surface area (Å²) in [5.41, 5.74) is 0. The fourth-order valence-corrected chi connectivity index (χ4v) is 2.33. The van der Waals surface area contributed by atoms with E-state index in [-0.39, 0.29) is 0 Å². The highest BCUT2D eigenvalue weighted by molar-refractivity contribution is 7.16. The van der Waals surface area contributed by atoms with Gasteiger partial charge in [0.1, 0.15) is 0 Å². The van der Waals surface area contributed by atoms with Crippen LogP contribution >= 0.6 is 22.9 Å². The van der Waals surface area contributed by atoms with E-state index in [0.717, 1.165) is 4.88 Å². The summed E-state index contributed by atoms with van der Waals surface area (Å²) in [6.07, 6.45) is 0.475. The van der Waals surface area contributed by atoms with Crippen LogP contribution in [0.5, 0.6) is 0 Å². The Hall–Kier alpha value is -0.580. The molecule has 0 radical (unpaired) electrons. The first-order valence-corrected chi connectivity index (χ1v) is 5.31. The number of halogens is 1. The van der Waals surface area contributed by atoms with Crippen LogP contribution in [-0.2, 0) is 9.53 Å². The molecule has 1 atom stereocenters. The van der Waals surface area contributed by atoms with E-state index in [2.05, 4.69) is 0 Å². The molecule has 78 valence electrons. The van der Waals surface area contributed by atoms with Crippen LogP contribution < -0.4 is 0 Å². The lowest BCUT2D eigenvalue weighted by Crippen LogP contribution is -2.12. The first kappa shape index (κ1) is 11.5. The zero-order chi connectivity index (χ0) is 10.6. The van der Waals surface area contributed by atoms with E-state index in [1.165, 1.54) is 11.3 Å².